The molecule has 33 heavy (non-hydrogen) atoms. The van der Waals surface area contributed by atoms with Crippen LogP contribution >= 0.6 is 0 Å². The molecule has 0 saturated carbocycles. The van der Waals surface area contributed by atoms with Crippen molar-refractivity contribution in [3.8, 4) is 0 Å². The second kappa shape index (κ2) is 20.7. The van der Waals surface area contributed by atoms with E-state index in [-0.39, 0.29) is 0 Å². The van der Waals surface area contributed by atoms with Crippen molar-refractivity contribution in [2.45, 2.75) is 128 Å². The molecule has 1 aliphatic heterocycles. The van der Waals surface area contributed by atoms with Gasteiger partial charge in [0, 0.05) is 28.1 Å². The molecule has 0 amide bonds. The van der Waals surface area contributed by atoms with E-state index in [2.05, 4.69) is 51.4 Å². The minimum absolute atomic E-state index is 0.675. The molecule has 1 saturated heterocycles. The number of hydrogen-bond donors (Lipinski definition) is 0. The zero-order chi connectivity index (χ0) is 24.0. The molecule has 0 N–H and O–H groups in total. The van der Waals surface area contributed by atoms with Crippen LogP contribution < -0.4 is 0 Å². The number of quaternary nitrogens is 1. The third kappa shape index (κ3) is 19.4. The lowest BCUT2D eigenvalue weighted by molar-refractivity contribution is -0.903. The molecule has 192 valence electrons. The van der Waals surface area contributed by atoms with Crippen LogP contribution in [0.3, 0.4) is 0 Å². The van der Waals surface area contributed by atoms with Gasteiger partial charge in [-0.2, -0.15) is 0 Å². The predicted octanol–water partition coefficient (Wildman–Crippen LogP) is 7.62. The Balaban J connectivity index is 0.000000657. The summed E-state index contributed by atoms with van der Waals surface area (Å²) in [6, 6.07) is 10.9. The van der Waals surface area contributed by atoms with Gasteiger partial charge in [-0.1, -0.05) is 114 Å². The standard InChI is InChI=1S/C25H46N.C5H12OSi/c1-4-5-6-7-8-9-10-11-12-13-14-15-16-20-23-26(2,3)24-25-21-18-17-19-22-25;7-5-3-1-2-4-6-5/h17-19,21-22H,4-16,20,23-24H2,1-3H3;5H,1-4H2,7H3/q+1;. The fourth-order valence-corrected chi connectivity index (χ4v) is 5.44. The lowest BCUT2D eigenvalue weighted by atomic mass is 10.0. The smallest absolute Gasteiger partial charge is 0.104 e. The second-order valence-corrected chi connectivity index (χ2v) is 12.4. The maximum Gasteiger partial charge on any atom is 0.104 e. The van der Waals surface area contributed by atoms with Gasteiger partial charge in [0.1, 0.15) is 6.54 Å². The number of nitrogens with zero attached hydrogens (tertiary/aromatic N) is 1. The normalized spacial score (nSPS) is 16.4. The first-order valence-electron chi connectivity index (χ1n) is 14.5. The summed E-state index contributed by atoms with van der Waals surface area (Å²) in [5.41, 5.74) is 2.14. The SMILES string of the molecule is CCCCCCCCCCCCCCCC[N+](C)(C)Cc1ccccc1.[SiH3]C1CCCCO1. The molecule has 1 atom stereocenters. The molecule has 1 aliphatic rings. The van der Waals surface area contributed by atoms with Crippen molar-refractivity contribution in [1.82, 2.24) is 0 Å². The highest BCUT2D eigenvalue weighted by molar-refractivity contribution is 6.11. The first kappa shape index (κ1) is 30.4. The Labute approximate surface area is 210 Å². The Morgan fingerprint density at radius 1 is 0.758 bits per heavy atom. The first-order valence-corrected chi connectivity index (χ1v) is 15.7. The van der Waals surface area contributed by atoms with Gasteiger partial charge < -0.3 is 9.22 Å². The molecule has 0 aliphatic carbocycles. The number of ether oxygens (including phenoxy) is 1. The average Bonchev–Trinajstić information content (AvgIpc) is 2.80. The maximum atomic E-state index is 5.34. The number of unbranched alkanes of at least 4 members (excludes halogenated alkanes) is 13. The topological polar surface area (TPSA) is 9.23 Å². The summed E-state index contributed by atoms with van der Waals surface area (Å²) in [5.74, 6) is 0. The molecular formula is C30H58NOSi+. The molecule has 1 aromatic carbocycles. The molecule has 0 bridgehead atoms. The lowest BCUT2D eigenvalue weighted by Crippen LogP contribution is -2.39. The predicted molar refractivity (Wildman–Crippen MR) is 151 cm³/mol. The van der Waals surface area contributed by atoms with E-state index >= 15 is 0 Å². The quantitative estimate of drug-likeness (QED) is 0.128. The van der Waals surface area contributed by atoms with Crippen LogP contribution in [0, 0.1) is 0 Å². The van der Waals surface area contributed by atoms with Crippen molar-refractivity contribution in [1.29, 1.82) is 0 Å². The summed E-state index contributed by atoms with van der Waals surface area (Å²) in [4.78, 5) is 0. The van der Waals surface area contributed by atoms with Gasteiger partial charge in [0.25, 0.3) is 0 Å². The Hall–Kier alpha value is -0.643. The zero-order valence-electron chi connectivity index (χ0n) is 23.0. The van der Waals surface area contributed by atoms with Crippen LogP contribution in [0.4, 0.5) is 0 Å². The van der Waals surface area contributed by atoms with E-state index in [0.29, 0.717) is 5.73 Å². The average molecular weight is 477 g/mol. The van der Waals surface area contributed by atoms with Gasteiger partial charge in [0.15, 0.2) is 0 Å². The van der Waals surface area contributed by atoms with Crippen LogP contribution in [0.1, 0.15) is 122 Å². The fourth-order valence-electron chi connectivity index (χ4n) is 4.79. The van der Waals surface area contributed by atoms with Crippen LogP contribution in [0.2, 0.25) is 0 Å². The molecule has 2 nitrogen and oxygen atoms in total. The van der Waals surface area contributed by atoms with Gasteiger partial charge in [-0.15, -0.1) is 0 Å². The first-order chi connectivity index (χ1) is 16.0. The van der Waals surface area contributed by atoms with Crippen molar-refractivity contribution in [2.24, 2.45) is 0 Å². The maximum absolute atomic E-state index is 5.34. The van der Waals surface area contributed by atoms with Gasteiger partial charge in [-0.05, 0) is 32.1 Å². The number of rotatable bonds is 17. The van der Waals surface area contributed by atoms with E-state index in [9.17, 15) is 0 Å². The lowest BCUT2D eigenvalue weighted by Gasteiger charge is -2.30. The van der Waals surface area contributed by atoms with E-state index in [4.69, 9.17) is 4.74 Å². The van der Waals surface area contributed by atoms with E-state index in [0.717, 1.165) is 17.6 Å². The van der Waals surface area contributed by atoms with Crippen LogP contribution in [-0.4, -0.2) is 47.7 Å². The Bertz CT molecular complexity index is 527. The molecule has 1 aromatic rings. The summed E-state index contributed by atoms with van der Waals surface area (Å²) >= 11 is 0. The van der Waals surface area contributed by atoms with Crippen LogP contribution in [-0.2, 0) is 11.3 Å². The summed E-state index contributed by atoms with van der Waals surface area (Å²) in [6.45, 7) is 5.77. The second-order valence-electron chi connectivity index (χ2n) is 11.1. The minimum atomic E-state index is 0.675. The van der Waals surface area contributed by atoms with E-state index < -0.39 is 0 Å². The van der Waals surface area contributed by atoms with Crippen LogP contribution in [0.25, 0.3) is 0 Å². The molecular weight excluding hydrogens is 418 g/mol. The summed E-state index contributed by atoms with van der Waals surface area (Å²) in [6.07, 6.45) is 24.2. The molecule has 1 unspecified atom stereocenters. The Kier molecular flexibility index (Phi) is 19.1. The number of benzene rings is 1. The summed E-state index contributed by atoms with van der Waals surface area (Å²) in [5, 5.41) is 0. The highest BCUT2D eigenvalue weighted by Crippen LogP contribution is 2.15. The molecule has 0 spiro atoms. The molecule has 0 radical (unpaired) electrons. The monoisotopic (exact) mass is 476 g/mol. The zero-order valence-corrected chi connectivity index (χ0v) is 25.0. The highest BCUT2D eigenvalue weighted by atomic mass is 28.1. The van der Waals surface area contributed by atoms with Crippen molar-refractivity contribution < 1.29 is 9.22 Å². The van der Waals surface area contributed by atoms with Crippen molar-refractivity contribution in [2.75, 3.05) is 27.2 Å². The van der Waals surface area contributed by atoms with Crippen molar-refractivity contribution in [3.05, 3.63) is 35.9 Å². The molecule has 1 fully saturated rings. The van der Waals surface area contributed by atoms with Crippen LogP contribution in [0.15, 0.2) is 30.3 Å². The number of hydrogen-bond acceptors (Lipinski definition) is 1. The van der Waals surface area contributed by atoms with Gasteiger partial charge in [0.2, 0.25) is 0 Å². The molecule has 2 rings (SSSR count). The van der Waals surface area contributed by atoms with E-state index in [1.165, 1.54) is 132 Å². The highest BCUT2D eigenvalue weighted by Gasteiger charge is 2.14. The van der Waals surface area contributed by atoms with Gasteiger partial charge in [-0.3, -0.25) is 0 Å². The van der Waals surface area contributed by atoms with Gasteiger partial charge in [-0.25, -0.2) is 0 Å². The van der Waals surface area contributed by atoms with Crippen LogP contribution in [0.5, 0.6) is 0 Å². The van der Waals surface area contributed by atoms with Crippen molar-refractivity contribution >= 4 is 10.2 Å². The summed E-state index contributed by atoms with van der Waals surface area (Å²) < 4.78 is 6.45. The third-order valence-electron chi connectivity index (χ3n) is 6.98. The Morgan fingerprint density at radius 3 is 1.70 bits per heavy atom. The molecule has 3 heteroatoms. The largest absolute Gasteiger partial charge is 0.383 e. The van der Waals surface area contributed by atoms with E-state index in [1.807, 2.05) is 0 Å². The van der Waals surface area contributed by atoms with E-state index in [1.54, 1.807) is 0 Å². The minimum Gasteiger partial charge on any atom is -0.383 e. The molecule has 0 aromatic heterocycles. The fraction of sp³-hybridized carbons (Fsp3) is 0.800. The molecule has 1 heterocycles. The van der Waals surface area contributed by atoms with Gasteiger partial charge in [0.05, 0.1) is 20.6 Å². The van der Waals surface area contributed by atoms with Gasteiger partial charge >= 0.3 is 0 Å². The Morgan fingerprint density at radius 2 is 1.27 bits per heavy atom. The van der Waals surface area contributed by atoms with Crippen molar-refractivity contribution in [3.63, 3.8) is 0 Å². The summed E-state index contributed by atoms with van der Waals surface area (Å²) in [7, 11) is 5.97. The third-order valence-corrected chi connectivity index (χ3v) is 7.89.